The van der Waals surface area contributed by atoms with Crippen molar-refractivity contribution in [2.75, 3.05) is 19.7 Å². The lowest BCUT2D eigenvalue weighted by atomic mass is 9.97. The zero-order valence-corrected chi connectivity index (χ0v) is 10.2. The Hall–Kier alpha value is -0.120. The second kappa shape index (κ2) is 6.46. The van der Waals surface area contributed by atoms with Gasteiger partial charge in [-0.15, -0.1) is 0 Å². The molecule has 1 fully saturated rings. The normalized spacial score (nSPS) is 26.2. The van der Waals surface area contributed by atoms with Crippen molar-refractivity contribution in [1.82, 2.24) is 5.32 Å². The number of nitrogens with two attached hydrogens (primary N) is 1. The van der Waals surface area contributed by atoms with Gasteiger partial charge in [-0.05, 0) is 32.6 Å². The van der Waals surface area contributed by atoms with E-state index in [2.05, 4.69) is 19.2 Å². The first kappa shape index (κ1) is 12.9. The van der Waals surface area contributed by atoms with E-state index in [4.69, 9.17) is 10.5 Å². The molecule has 2 unspecified atom stereocenters. The lowest BCUT2D eigenvalue weighted by molar-refractivity contribution is 0.0163. The number of hydrogen-bond acceptors (Lipinski definition) is 3. The van der Waals surface area contributed by atoms with Gasteiger partial charge >= 0.3 is 0 Å². The Morgan fingerprint density at radius 2 is 2.27 bits per heavy atom. The highest BCUT2D eigenvalue weighted by Crippen LogP contribution is 2.12. The fourth-order valence-corrected chi connectivity index (χ4v) is 2.15. The third-order valence-electron chi connectivity index (χ3n) is 3.00. The van der Waals surface area contributed by atoms with Crippen LogP contribution in [0.3, 0.4) is 0 Å². The van der Waals surface area contributed by atoms with Crippen molar-refractivity contribution >= 4 is 0 Å². The van der Waals surface area contributed by atoms with E-state index in [9.17, 15) is 0 Å². The molecule has 1 heterocycles. The minimum absolute atomic E-state index is 0.0661. The topological polar surface area (TPSA) is 47.3 Å². The van der Waals surface area contributed by atoms with Crippen LogP contribution >= 0.6 is 0 Å². The maximum atomic E-state index is 6.14. The van der Waals surface area contributed by atoms with Crippen LogP contribution < -0.4 is 11.1 Å². The molecule has 1 aliphatic rings. The third kappa shape index (κ3) is 5.50. The molecule has 2 atom stereocenters. The first-order chi connectivity index (χ1) is 7.14. The Bertz CT molecular complexity index is 165. The fourth-order valence-electron chi connectivity index (χ4n) is 2.15. The summed E-state index contributed by atoms with van der Waals surface area (Å²) >= 11 is 0. The van der Waals surface area contributed by atoms with Crippen LogP contribution in [0.2, 0.25) is 0 Å². The zero-order chi connectivity index (χ0) is 11.1. The van der Waals surface area contributed by atoms with Crippen molar-refractivity contribution < 1.29 is 4.74 Å². The summed E-state index contributed by atoms with van der Waals surface area (Å²) in [5, 5.41) is 3.43. The molecule has 90 valence electrons. The largest absolute Gasteiger partial charge is 0.377 e. The van der Waals surface area contributed by atoms with Gasteiger partial charge in [0.1, 0.15) is 0 Å². The first-order valence-corrected chi connectivity index (χ1v) is 6.25. The van der Waals surface area contributed by atoms with Gasteiger partial charge in [-0.3, -0.25) is 0 Å². The molecule has 0 aromatic rings. The van der Waals surface area contributed by atoms with Gasteiger partial charge in [-0.25, -0.2) is 0 Å². The summed E-state index contributed by atoms with van der Waals surface area (Å²) in [6.07, 6.45) is 6.36. The van der Waals surface area contributed by atoms with Crippen molar-refractivity contribution in [3.8, 4) is 0 Å². The summed E-state index contributed by atoms with van der Waals surface area (Å²) in [5.41, 5.74) is 6.07. The lowest BCUT2D eigenvalue weighted by Gasteiger charge is -2.27. The Balaban J connectivity index is 2.09. The van der Waals surface area contributed by atoms with E-state index < -0.39 is 0 Å². The van der Waals surface area contributed by atoms with Crippen LogP contribution in [-0.2, 0) is 4.74 Å². The number of rotatable bonds is 6. The van der Waals surface area contributed by atoms with Crippen LogP contribution in [0.1, 0.15) is 46.0 Å². The fraction of sp³-hybridized carbons (Fsp3) is 1.00. The van der Waals surface area contributed by atoms with Gasteiger partial charge < -0.3 is 15.8 Å². The van der Waals surface area contributed by atoms with Crippen LogP contribution in [0.15, 0.2) is 0 Å². The molecule has 0 radical (unpaired) electrons. The van der Waals surface area contributed by atoms with Gasteiger partial charge in [-0.2, -0.15) is 0 Å². The molecule has 0 aromatic heterocycles. The predicted octanol–water partition coefficient (Wildman–Crippen LogP) is 1.66. The molecule has 3 nitrogen and oxygen atoms in total. The quantitative estimate of drug-likeness (QED) is 0.707. The highest BCUT2D eigenvalue weighted by Gasteiger charge is 2.18. The monoisotopic (exact) mass is 214 g/mol. The lowest BCUT2D eigenvalue weighted by Crippen LogP contribution is -2.47. The molecule has 0 aliphatic carbocycles. The van der Waals surface area contributed by atoms with E-state index in [-0.39, 0.29) is 5.54 Å². The molecule has 1 rings (SSSR count). The van der Waals surface area contributed by atoms with Gasteiger partial charge in [-0.1, -0.05) is 13.3 Å². The van der Waals surface area contributed by atoms with Crippen molar-refractivity contribution in [1.29, 1.82) is 0 Å². The summed E-state index contributed by atoms with van der Waals surface area (Å²) in [5.74, 6) is 0. The van der Waals surface area contributed by atoms with E-state index in [1.54, 1.807) is 0 Å². The van der Waals surface area contributed by atoms with Gasteiger partial charge in [0.15, 0.2) is 0 Å². The molecule has 3 N–H and O–H groups in total. The molecule has 1 saturated heterocycles. The summed E-state index contributed by atoms with van der Waals surface area (Å²) in [6, 6.07) is 0. The Kier molecular flexibility index (Phi) is 5.58. The maximum absolute atomic E-state index is 6.14. The smallest absolute Gasteiger partial charge is 0.0699 e. The van der Waals surface area contributed by atoms with Crippen LogP contribution in [0.25, 0.3) is 0 Å². The second-order valence-corrected chi connectivity index (χ2v) is 5.02. The highest BCUT2D eigenvalue weighted by molar-refractivity contribution is 4.81. The van der Waals surface area contributed by atoms with E-state index in [1.165, 1.54) is 19.3 Å². The van der Waals surface area contributed by atoms with Crippen LogP contribution in [0.4, 0.5) is 0 Å². The van der Waals surface area contributed by atoms with Crippen molar-refractivity contribution in [3.05, 3.63) is 0 Å². The first-order valence-electron chi connectivity index (χ1n) is 6.25. The van der Waals surface area contributed by atoms with Crippen LogP contribution in [0.5, 0.6) is 0 Å². The van der Waals surface area contributed by atoms with Crippen molar-refractivity contribution in [2.45, 2.75) is 57.6 Å². The Morgan fingerprint density at radius 1 is 1.47 bits per heavy atom. The summed E-state index contributed by atoms with van der Waals surface area (Å²) in [7, 11) is 0. The summed E-state index contributed by atoms with van der Waals surface area (Å²) < 4.78 is 5.65. The molecular weight excluding hydrogens is 188 g/mol. The van der Waals surface area contributed by atoms with E-state index in [0.717, 1.165) is 32.5 Å². The molecule has 0 spiro atoms. The molecule has 15 heavy (non-hydrogen) atoms. The van der Waals surface area contributed by atoms with Crippen LogP contribution in [-0.4, -0.2) is 31.3 Å². The maximum Gasteiger partial charge on any atom is 0.0699 e. The zero-order valence-electron chi connectivity index (χ0n) is 10.2. The van der Waals surface area contributed by atoms with E-state index in [1.807, 2.05) is 0 Å². The van der Waals surface area contributed by atoms with Gasteiger partial charge in [0.25, 0.3) is 0 Å². The average Bonchev–Trinajstić information content (AvgIpc) is 2.19. The van der Waals surface area contributed by atoms with Crippen molar-refractivity contribution in [3.63, 3.8) is 0 Å². The molecular formula is C12H26N2O. The molecule has 0 saturated carbocycles. The van der Waals surface area contributed by atoms with Crippen molar-refractivity contribution in [2.24, 2.45) is 5.73 Å². The number of hydrogen-bond donors (Lipinski definition) is 2. The molecule has 0 amide bonds. The molecule has 1 aliphatic heterocycles. The molecule has 0 aromatic carbocycles. The van der Waals surface area contributed by atoms with Gasteiger partial charge in [0, 0.05) is 25.2 Å². The minimum atomic E-state index is -0.0661. The average molecular weight is 214 g/mol. The SMILES string of the molecule is CCCC(C)(N)CNCC1CCCCO1. The van der Waals surface area contributed by atoms with Gasteiger partial charge in [0.05, 0.1) is 6.10 Å². The molecule has 0 bridgehead atoms. The highest BCUT2D eigenvalue weighted by atomic mass is 16.5. The minimum Gasteiger partial charge on any atom is -0.377 e. The number of nitrogens with one attached hydrogen (secondary N) is 1. The number of ether oxygens (including phenoxy) is 1. The standard InChI is InChI=1S/C12H26N2O/c1-3-7-12(2,13)10-14-9-11-6-4-5-8-15-11/h11,14H,3-10,13H2,1-2H3. The third-order valence-corrected chi connectivity index (χ3v) is 3.00. The summed E-state index contributed by atoms with van der Waals surface area (Å²) in [6.45, 7) is 7.07. The predicted molar refractivity (Wildman–Crippen MR) is 64.0 cm³/mol. The second-order valence-electron chi connectivity index (χ2n) is 5.02. The van der Waals surface area contributed by atoms with Crippen LogP contribution in [0, 0.1) is 0 Å². The Morgan fingerprint density at radius 3 is 2.87 bits per heavy atom. The summed E-state index contributed by atoms with van der Waals surface area (Å²) in [4.78, 5) is 0. The van der Waals surface area contributed by atoms with E-state index in [0.29, 0.717) is 6.10 Å². The Labute approximate surface area is 93.8 Å². The molecule has 3 heteroatoms. The van der Waals surface area contributed by atoms with E-state index >= 15 is 0 Å². The van der Waals surface area contributed by atoms with Gasteiger partial charge in [0.2, 0.25) is 0 Å².